The largest absolute Gasteiger partial charge is 0.360 e. The zero-order chi connectivity index (χ0) is 24.7. The van der Waals surface area contributed by atoms with Crippen LogP contribution in [0.5, 0.6) is 0 Å². The number of nitrogens with one attached hydrogen (secondary N) is 2. The van der Waals surface area contributed by atoms with Crippen molar-refractivity contribution in [1.29, 1.82) is 0 Å². The highest BCUT2D eigenvalue weighted by atomic mass is 32.2. The first kappa shape index (κ1) is 24.4. The Morgan fingerprint density at radius 1 is 1.20 bits per heavy atom. The van der Waals surface area contributed by atoms with Crippen molar-refractivity contribution in [2.75, 3.05) is 23.7 Å². The standard InChI is InChI=1S/C26H31FN4O2S2/c1-17(2)31-16-19-13-22(34-3)5-7-26(19)30(35(31,32)33)11-9-21-12-18(8-10-28-21)24-15-29-25-14-20(27)4-6-23(24)25/h4-8,13-15,17,21,28-29H,9-12,16H2,1-3H3. The predicted molar refractivity (Wildman–Crippen MR) is 142 cm³/mol. The fraction of sp³-hybridized carbons (Fsp3) is 0.385. The third kappa shape index (κ3) is 4.62. The molecule has 2 aliphatic heterocycles. The number of aromatic nitrogens is 1. The number of halogens is 1. The van der Waals surface area contributed by atoms with Gasteiger partial charge in [0.05, 0.1) is 5.69 Å². The maximum absolute atomic E-state index is 13.6. The Bertz CT molecular complexity index is 1380. The van der Waals surface area contributed by atoms with Crippen LogP contribution < -0.4 is 9.62 Å². The molecule has 0 saturated heterocycles. The highest BCUT2D eigenvalue weighted by molar-refractivity contribution is 7.98. The van der Waals surface area contributed by atoms with Gasteiger partial charge in [-0.1, -0.05) is 6.08 Å². The molecule has 2 aliphatic rings. The van der Waals surface area contributed by atoms with Crippen LogP contribution in [-0.4, -0.2) is 49.1 Å². The highest BCUT2D eigenvalue weighted by Gasteiger charge is 2.38. The summed E-state index contributed by atoms with van der Waals surface area (Å²) in [6.45, 7) is 5.36. The van der Waals surface area contributed by atoms with Crippen LogP contribution in [0.2, 0.25) is 0 Å². The molecule has 0 spiro atoms. The van der Waals surface area contributed by atoms with Crippen LogP contribution in [0.15, 0.2) is 53.6 Å². The van der Waals surface area contributed by atoms with Crippen LogP contribution >= 0.6 is 11.8 Å². The smallest absolute Gasteiger partial charge is 0.304 e. The zero-order valence-corrected chi connectivity index (χ0v) is 21.8. The van der Waals surface area contributed by atoms with Crippen molar-refractivity contribution in [1.82, 2.24) is 14.6 Å². The number of aromatic amines is 1. The fourth-order valence-corrected chi connectivity index (χ4v) is 7.39. The average Bonchev–Trinajstić information content (AvgIpc) is 3.25. The summed E-state index contributed by atoms with van der Waals surface area (Å²) >= 11 is 1.66. The molecule has 0 bridgehead atoms. The summed E-state index contributed by atoms with van der Waals surface area (Å²) in [7, 11) is -3.61. The molecule has 1 unspecified atom stereocenters. The Morgan fingerprint density at radius 2 is 2.03 bits per heavy atom. The molecule has 0 fully saturated rings. The number of fused-ring (bicyclic) bond motifs is 2. The third-order valence-corrected chi connectivity index (χ3v) is 9.73. The Balaban J connectivity index is 1.37. The van der Waals surface area contributed by atoms with Crippen molar-refractivity contribution in [3.8, 4) is 0 Å². The van der Waals surface area contributed by atoms with E-state index >= 15 is 0 Å². The molecule has 6 nitrogen and oxygen atoms in total. The Hall–Kier alpha value is -2.33. The van der Waals surface area contributed by atoms with Crippen molar-refractivity contribution in [3.63, 3.8) is 0 Å². The minimum Gasteiger partial charge on any atom is -0.360 e. The van der Waals surface area contributed by atoms with Crippen LogP contribution in [0.3, 0.4) is 0 Å². The summed E-state index contributed by atoms with van der Waals surface area (Å²) in [6, 6.07) is 10.9. The number of anilines is 1. The summed E-state index contributed by atoms with van der Waals surface area (Å²) in [6.07, 6.45) is 7.60. The van der Waals surface area contributed by atoms with Crippen molar-refractivity contribution < 1.29 is 12.8 Å². The van der Waals surface area contributed by atoms with Gasteiger partial charge in [-0.3, -0.25) is 4.31 Å². The van der Waals surface area contributed by atoms with Crippen LogP contribution in [0.4, 0.5) is 10.1 Å². The fourth-order valence-electron chi connectivity index (χ4n) is 5.07. The SMILES string of the molecule is CSc1ccc2c(c1)CN(C(C)C)S(=O)(=O)N2CCC1CC(c2c[nH]c3cc(F)ccc23)=CCN1. The van der Waals surface area contributed by atoms with Gasteiger partial charge in [0.25, 0.3) is 0 Å². The van der Waals surface area contributed by atoms with E-state index in [2.05, 4.69) is 22.4 Å². The van der Waals surface area contributed by atoms with Crippen molar-refractivity contribution >= 4 is 44.1 Å². The molecular formula is C26H31FN4O2S2. The summed E-state index contributed by atoms with van der Waals surface area (Å²) in [5.74, 6) is -0.258. The first-order valence-electron chi connectivity index (χ1n) is 11.9. The van der Waals surface area contributed by atoms with Gasteiger partial charge in [0.1, 0.15) is 5.82 Å². The Labute approximate surface area is 210 Å². The normalized spacial score (nSPS) is 20.3. The van der Waals surface area contributed by atoms with Gasteiger partial charge in [-0.2, -0.15) is 12.7 Å². The number of hydrogen-bond acceptors (Lipinski definition) is 4. The first-order chi connectivity index (χ1) is 16.8. The van der Waals surface area contributed by atoms with Gasteiger partial charge in [0.15, 0.2) is 0 Å². The number of H-pyrrole nitrogens is 1. The van der Waals surface area contributed by atoms with Gasteiger partial charge in [0.2, 0.25) is 0 Å². The quantitative estimate of drug-likeness (QED) is 0.447. The second-order valence-electron chi connectivity index (χ2n) is 9.43. The lowest BCUT2D eigenvalue weighted by Gasteiger charge is -2.40. The maximum Gasteiger partial charge on any atom is 0.304 e. The van der Waals surface area contributed by atoms with Gasteiger partial charge in [0, 0.05) is 59.3 Å². The monoisotopic (exact) mass is 514 g/mol. The lowest BCUT2D eigenvalue weighted by Crippen LogP contribution is -2.51. The second kappa shape index (κ2) is 9.61. The molecule has 0 radical (unpaired) electrons. The van der Waals surface area contributed by atoms with Crippen molar-refractivity contribution in [2.45, 2.75) is 50.2 Å². The number of thioether (sulfide) groups is 1. The van der Waals surface area contributed by atoms with E-state index in [0.717, 1.165) is 39.0 Å². The summed E-state index contributed by atoms with van der Waals surface area (Å²) < 4.78 is 43.9. The van der Waals surface area contributed by atoms with Crippen LogP contribution in [0, 0.1) is 5.82 Å². The second-order valence-corrected chi connectivity index (χ2v) is 12.1. The van der Waals surface area contributed by atoms with Gasteiger partial charge in [-0.05, 0) is 80.5 Å². The van der Waals surface area contributed by atoms with Gasteiger partial charge in [-0.25, -0.2) is 4.39 Å². The summed E-state index contributed by atoms with van der Waals surface area (Å²) in [5.41, 5.74) is 4.89. The predicted octanol–water partition coefficient (Wildman–Crippen LogP) is 5.14. The zero-order valence-electron chi connectivity index (χ0n) is 20.2. The van der Waals surface area contributed by atoms with Crippen LogP contribution in [-0.2, 0) is 16.8 Å². The molecule has 5 rings (SSSR count). The van der Waals surface area contributed by atoms with Crippen molar-refractivity contribution in [3.05, 3.63) is 65.6 Å². The molecule has 35 heavy (non-hydrogen) atoms. The summed E-state index contributed by atoms with van der Waals surface area (Å²) in [4.78, 5) is 4.31. The Morgan fingerprint density at radius 3 is 2.80 bits per heavy atom. The third-order valence-electron chi connectivity index (χ3n) is 6.92. The number of benzene rings is 2. The van der Waals surface area contributed by atoms with E-state index in [9.17, 15) is 12.8 Å². The molecule has 0 aliphatic carbocycles. The van der Waals surface area contributed by atoms with E-state index in [4.69, 9.17) is 0 Å². The van der Waals surface area contributed by atoms with Gasteiger partial charge >= 0.3 is 10.2 Å². The van der Waals surface area contributed by atoms with E-state index in [-0.39, 0.29) is 17.9 Å². The number of nitrogens with zero attached hydrogens (tertiary/aromatic N) is 2. The summed E-state index contributed by atoms with van der Waals surface area (Å²) in [5, 5.41) is 4.53. The van der Waals surface area contributed by atoms with Crippen LogP contribution in [0.1, 0.15) is 37.8 Å². The van der Waals surface area contributed by atoms with E-state index in [0.29, 0.717) is 26.1 Å². The molecule has 186 valence electrons. The number of hydrogen-bond donors (Lipinski definition) is 2. The maximum atomic E-state index is 13.6. The molecule has 1 aromatic heterocycles. The molecule has 2 N–H and O–H groups in total. The van der Waals surface area contributed by atoms with E-state index in [1.807, 2.05) is 44.5 Å². The number of rotatable bonds is 6. The molecule has 3 heterocycles. The van der Waals surface area contributed by atoms with E-state index < -0.39 is 10.2 Å². The topological polar surface area (TPSA) is 68.4 Å². The molecule has 2 aromatic carbocycles. The molecule has 3 aromatic rings. The Kier molecular flexibility index (Phi) is 6.69. The molecule has 0 amide bonds. The highest BCUT2D eigenvalue weighted by Crippen LogP contribution is 2.36. The molecule has 1 atom stereocenters. The van der Waals surface area contributed by atoms with Crippen LogP contribution in [0.25, 0.3) is 16.5 Å². The van der Waals surface area contributed by atoms with E-state index in [1.54, 1.807) is 20.4 Å². The average molecular weight is 515 g/mol. The minimum atomic E-state index is -3.61. The minimum absolute atomic E-state index is 0.123. The van der Waals surface area contributed by atoms with E-state index in [1.165, 1.54) is 17.7 Å². The first-order valence-corrected chi connectivity index (χ1v) is 14.6. The lowest BCUT2D eigenvalue weighted by atomic mass is 9.93. The molecular weight excluding hydrogens is 483 g/mol. The van der Waals surface area contributed by atoms with Crippen molar-refractivity contribution in [2.24, 2.45) is 0 Å². The van der Waals surface area contributed by atoms with Gasteiger partial charge < -0.3 is 10.3 Å². The molecule has 9 heteroatoms. The van der Waals surface area contributed by atoms with Gasteiger partial charge in [-0.15, -0.1) is 11.8 Å². The lowest BCUT2D eigenvalue weighted by molar-refractivity contribution is 0.339. The molecule has 0 saturated carbocycles.